The zero-order valence-corrected chi connectivity index (χ0v) is 31.6. The topological polar surface area (TPSA) is 119 Å². The summed E-state index contributed by atoms with van der Waals surface area (Å²) < 4.78 is 5.89. The molecule has 0 aromatic rings. The highest BCUT2D eigenvalue weighted by molar-refractivity contribution is 5.83. The van der Waals surface area contributed by atoms with Crippen molar-refractivity contribution in [2.24, 2.45) is 5.73 Å². The highest BCUT2D eigenvalue weighted by atomic mass is 16.5. The lowest BCUT2D eigenvalue weighted by molar-refractivity contribution is -0.150. The van der Waals surface area contributed by atoms with Crippen LogP contribution >= 0.6 is 0 Å². The largest absolute Gasteiger partial charge is 0.480 e. The van der Waals surface area contributed by atoms with E-state index in [-0.39, 0.29) is 18.0 Å². The van der Waals surface area contributed by atoms with Crippen molar-refractivity contribution in [1.82, 2.24) is 5.32 Å². The maximum absolute atomic E-state index is 12.6. The number of amides is 1. The summed E-state index contributed by atoms with van der Waals surface area (Å²) in [7, 11) is 0. The number of unbranched alkanes of at least 4 members (excludes halogenated alkanes) is 21. The Morgan fingerprint density at radius 2 is 1.02 bits per heavy atom. The fourth-order valence-corrected chi connectivity index (χ4v) is 6.21. The Labute approximate surface area is 296 Å². The molecule has 48 heavy (non-hydrogen) atoms. The first-order valence-electron chi connectivity index (χ1n) is 20.5. The van der Waals surface area contributed by atoms with Crippen molar-refractivity contribution in [3.05, 3.63) is 12.2 Å². The normalized spacial score (nSPS) is 12.7. The van der Waals surface area contributed by atoms with Crippen molar-refractivity contribution in [2.45, 2.75) is 225 Å². The van der Waals surface area contributed by atoms with Crippen LogP contribution in [0.5, 0.6) is 0 Å². The minimum atomic E-state index is -1.02. The van der Waals surface area contributed by atoms with Crippen LogP contribution in [0.1, 0.15) is 213 Å². The van der Waals surface area contributed by atoms with Gasteiger partial charge >= 0.3 is 11.9 Å². The van der Waals surface area contributed by atoms with Crippen LogP contribution in [-0.4, -0.2) is 41.6 Å². The van der Waals surface area contributed by atoms with Gasteiger partial charge in [0, 0.05) is 12.8 Å². The van der Waals surface area contributed by atoms with Gasteiger partial charge < -0.3 is 20.9 Å². The van der Waals surface area contributed by atoms with Crippen LogP contribution in [0.25, 0.3) is 0 Å². The molecule has 282 valence electrons. The van der Waals surface area contributed by atoms with Crippen molar-refractivity contribution < 1.29 is 24.2 Å². The standard InChI is InChI=1S/C41H78N2O5/c1-3-5-7-8-9-10-11-12-13-14-15-16-17-18-19-20-21-22-23-24-29-35-40(45)48-37(31-26-6-4-2)32-27-25-28-34-39(44)43-38(41(46)47)33-30-36-42/h14-15,37-38H,3-13,16-36,42H2,1-2H3,(H,43,44)(H,46,47)/b15-14-. The molecule has 1 amide bonds. The smallest absolute Gasteiger partial charge is 0.326 e. The SMILES string of the molecule is CCCCCCCCCC/C=C\CCCCCCCCCCCC(=O)OC(CCCCC)CCCCCC(=O)NC(CCCN)C(=O)O. The number of esters is 1. The molecule has 0 aliphatic carbocycles. The summed E-state index contributed by atoms with van der Waals surface area (Å²) in [5.74, 6) is -1.31. The summed E-state index contributed by atoms with van der Waals surface area (Å²) in [5.41, 5.74) is 5.46. The molecule has 0 rings (SSSR count). The van der Waals surface area contributed by atoms with E-state index in [9.17, 15) is 19.5 Å². The molecule has 0 fully saturated rings. The van der Waals surface area contributed by atoms with E-state index >= 15 is 0 Å². The molecule has 0 radical (unpaired) electrons. The van der Waals surface area contributed by atoms with Crippen molar-refractivity contribution >= 4 is 17.8 Å². The molecule has 0 aliphatic heterocycles. The number of allylic oxidation sites excluding steroid dienone is 2. The van der Waals surface area contributed by atoms with Crippen LogP contribution < -0.4 is 11.1 Å². The van der Waals surface area contributed by atoms with Gasteiger partial charge in [-0.15, -0.1) is 0 Å². The zero-order valence-electron chi connectivity index (χ0n) is 31.6. The summed E-state index contributed by atoms with van der Waals surface area (Å²) in [6.07, 6.45) is 38.7. The van der Waals surface area contributed by atoms with Crippen LogP contribution in [0.4, 0.5) is 0 Å². The van der Waals surface area contributed by atoms with Gasteiger partial charge in [0.1, 0.15) is 12.1 Å². The molecule has 2 atom stereocenters. The van der Waals surface area contributed by atoms with E-state index < -0.39 is 12.0 Å². The number of carbonyl (C=O) groups is 3. The summed E-state index contributed by atoms with van der Waals surface area (Å²) >= 11 is 0. The monoisotopic (exact) mass is 679 g/mol. The molecule has 2 unspecified atom stereocenters. The predicted molar refractivity (Wildman–Crippen MR) is 202 cm³/mol. The molecule has 0 heterocycles. The van der Waals surface area contributed by atoms with Gasteiger partial charge in [0.25, 0.3) is 0 Å². The lowest BCUT2D eigenvalue weighted by Crippen LogP contribution is -2.40. The van der Waals surface area contributed by atoms with Gasteiger partial charge in [-0.2, -0.15) is 0 Å². The number of aliphatic carboxylic acids is 1. The number of rotatable bonds is 37. The van der Waals surface area contributed by atoms with Crippen molar-refractivity contribution in [1.29, 1.82) is 0 Å². The predicted octanol–water partition coefficient (Wildman–Crippen LogP) is 11.1. The van der Waals surface area contributed by atoms with Gasteiger partial charge in [-0.25, -0.2) is 4.79 Å². The van der Waals surface area contributed by atoms with Gasteiger partial charge in [0.15, 0.2) is 0 Å². The van der Waals surface area contributed by atoms with E-state index in [4.69, 9.17) is 10.5 Å². The van der Waals surface area contributed by atoms with Crippen molar-refractivity contribution in [2.75, 3.05) is 6.54 Å². The van der Waals surface area contributed by atoms with Crippen LogP contribution in [0.2, 0.25) is 0 Å². The first-order chi connectivity index (χ1) is 23.4. The van der Waals surface area contributed by atoms with Gasteiger partial charge in [0.2, 0.25) is 5.91 Å². The average molecular weight is 679 g/mol. The minimum Gasteiger partial charge on any atom is -0.480 e. The molecule has 0 bridgehead atoms. The number of hydrogen-bond acceptors (Lipinski definition) is 5. The molecule has 0 aliphatic rings. The second kappa shape index (κ2) is 36.4. The van der Waals surface area contributed by atoms with Gasteiger partial charge in [-0.3, -0.25) is 9.59 Å². The fraction of sp³-hybridized carbons (Fsp3) is 0.878. The summed E-state index contributed by atoms with van der Waals surface area (Å²) in [5, 5.41) is 11.9. The van der Waals surface area contributed by atoms with E-state index in [1.807, 2.05) is 0 Å². The Bertz CT molecular complexity index is 772. The maximum atomic E-state index is 12.6. The highest BCUT2D eigenvalue weighted by Crippen LogP contribution is 2.18. The lowest BCUT2D eigenvalue weighted by atomic mass is 10.0. The molecular weight excluding hydrogens is 600 g/mol. The molecule has 0 saturated heterocycles. The van der Waals surface area contributed by atoms with Gasteiger partial charge in [-0.05, 0) is 83.6 Å². The van der Waals surface area contributed by atoms with Crippen LogP contribution in [-0.2, 0) is 19.1 Å². The number of nitrogens with two attached hydrogens (primary N) is 1. The molecule has 0 saturated carbocycles. The Kier molecular flexibility index (Phi) is 35.0. The third-order valence-electron chi connectivity index (χ3n) is 9.33. The summed E-state index contributed by atoms with van der Waals surface area (Å²) in [6.45, 7) is 4.86. The Hall–Kier alpha value is -1.89. The highest BCUT2D eigenvalue weighted by Gasteiger charge is 2.19. The molecule has 0 spiro atoms. The van der Waals surface area contributed by atoms with Crippen molar-refractivity contribution in [3.8, 4) is 0 Å². The minimum absolute atomic E-state index is 0.0454. The second-order valence-electron chi connectivity index (χ2n) is 14.1. The third kappa shape index (κ3) is 32.6. The molecular formula is C41H78N2O5. The second-order valence-corrected chi connectivity index (χ2v) is 14.1. The number of hydrogen-bond donors (Lipinski definition) is 3. The third-order valence-corrected chi connectivity index (χ3v) is 9.33. The van der Waals surface area contributed by atoms with Crippen LogP contribution in [0.3, 0.4) is 0 Å². The van der Waals surface area contributed by atoms with E-state index in [2.05, 4.69) is 31.3 Å². The molecule has 0 aromatic heterocycles. The quantitative estimate of drug-likeness (QED) is 0.0342. The molecule has 7 nitrogen and oxygen atoms in total. The van der Waals surface area contributed by atoms with Gasteiger partial charge in [0.05, 0.1) is 0 Å². The van der Waals surface area contributed by atoms with Crippen LogP contribution in [0, 0.1) is 0 Å². The number of carboxylic acid groups (broad SMARTS) is 1. The van der Waals surface area contributed by atoms with E-state index in [1.165, 1.54) is 109 Å². The Morgan fingerprint density at radius 1 is 0.583 bits per heavy atom. The average Bonchev–Trinajstić information content (AvgIpc) is 3.07. The maximum Gasteiger partial charge on any atom is 0.326 e. The van der Waals surface area contributed by atoms with E-state index in [0.29, 0.717) is 38.6 Å². The molecule has 7 heteroatoms. The summed E-state index contributed by atoms with van der Waals surface area (Å²) in [4.78, 5) is 36.1. The lowest BCUT2D eigenvalue weighted by Gasteiger charge is -2.18. The Morgan fingerprint density at radius 3 is 1.54 bits per heavy atom. The number of carboxylic acids is 1. The number of carbonyl (C=O) groups excluding carboxylic acids is 2. The fourth-order valence-electron chi connectivity index (χ4n) is 6.21. The number of nitrogens with one attached hydrogen (secondary N) is 1. The molecule has 4 N–H and O–H groups in total. The van der Waals surface area contributed by atoms with Crippen LogP contribution in [0.15, 0.2) is 12.2 Å². The first-order valence-corrected chi connectivity index (χ1v) is 20.5. The zero-order chi connectivity index (χ0) is 35.3. The number of ether oxygens (including phenoxy) is 1. The Balaban J connectivity index is 3.84. The van der Waals surface area contributed by atoms with Gasteiger partial charge in [-0.1, -0.05) is 135 Å². The van der Waals surface area contributed by atoms with E-state index in [0.717, 1.165) is 57.8 Å². The van der Waals surface area contributed by atoms with Crippen molar-refractivity contribution in [3.63, 3.8) is 0 Å². The first kappa shape index (κ1) is 46.1. The van der Waals surface area contributed by atoms with E-state index in [1.54, 1.807) is 0 Å². The summed E-state index contributed by atoms with van der Waals surface area (Å²) in [6, 6.07) is -0.870. The molecule has 0 aromatic carbocycles.